The van der Waals surface area contributed by atoms with Crippen LogP contribution in [0.1, 0.15) is 6.42 Å². The maximum absolute atomic E-state index is 11.4. The standard InChI is InChI=1S/C8H7ClF/c1-2-5-8(9)6-3-4-7-10/h8H,1,6-7H2. The molecule has 0 aromatic carbocycles. The van der Waals surface area contributed by atoms with E-state index in [0.717, 1.165) is 0 Å². The molecule has 1 unspecified atom stereocenters. The average Bonchev–Trinajstić information content (AvgIpc) is 1.89. The zero-order valence-electron chi connectivity index (χ0n) is 5.45. The van der Waals surface area contributed by atoms with Crippen LogP contribution in [0.15, 0.2) is 0 Å². The van der Waals surface area contributed by atoms with Crippen molar-refractivity contribution in [2.45, 2.75) is 11.8 Å². The molecule has 0 saturated heterocycles. The summed E-state index contributed by atoms with van der Waals surface area (Å²) in [7, 11) is 0. The monoisotopic (exact) mass is 157 g/mol. The Balaban J connectivity index is 3.55. The van der Waals surface area contributed by atoms with Gasteiger partial charge in [-0.3, -0.25) is 0 Å². The van der Waals surface area contributed by atoms with E-state index in [-0.39, 0.29) is 5.38 Å². The van der Waals surface area contributed by atoms with Gasteiger partial charge in [-0.2, -0.15) is 0 Å². The molecular weight excluding hydrogens is 151 g/mol. The Morgan fingerprint density at radius 3 is 2.70 bits per heavy atom. The fraction of sp³-hybridized carbons (Fsp3) is 0.375. The summed E-state index contributed by atoms with van der Waals surface area (Å²) in [6, 6.07) is 0. The fourth-order valence-corrected chi connectivity index (χ4v) is 0.525. The predicted molar refractivity (Wildman–Crippen MR) is 41.1 cm³/mol. The third-order valence-electron chi connectivity index (χ3n) is 0.732. The van der Waals surface area contributed by atoms with Gasteiger partial charge < -0.3 is 0 Å². The number of hydrogen-bond donors (Lipinski definition) is 0. The van der Waals surface area contributed by atoms with Crippen LogP contribution in [-0.2, 0) is 0 Å². The van der Waals surface area contributed by atoms with Gasteiger partial charge in [0.2, 0.25) is 0 Å². The molecule has 0 amide bonds. The van der Waals surface area contributed by atoms with E-state index in [2.05, 4.69) is 30.6 Å². The van der Waals surface area contributed by atoms with Crippen molar-refractivity contribution in [2.75, 3.05) is 6.67 Å². The summed E-state index contributed by atoms with van der Waals surface area (Å²) < 4.78 is 11.4. The smallest absolute Gasteiger partial charge is 0.150 e. The minimum atomic E-state index is -0.624. The SMILES string of the molecule is [CH2]C#CC(Cl)CC#CCF. The van der Waals surface area contributed by atoms with E-state index < -0.39 is 6.67 Å². The molecule has 0 aliphatic rings. The maximum Gasteiger partial charge on any atom is 0.150 e. The molecule has 0 aliphatic carbocycles. The summed E-state index contributed by atoms with van der Waals surface area (Å²) >= 11 is 5.58. The molecule has 1 radical (unpaired) electrons. The van der Waals surface area contributed by atoms with Crippen molar-refractivity contribution in [3.8, 4) is 23.7 Å². The Labute approximate surface area is 65.8 Å². The number of halogens is 2. The van der Waals surface area contributed by atoms with Gasteiger partial charge in [0.05, 0.1) is 0 Å². The van der Waals surface area contributed by atoms with Crippen molar-refractivity contribution in [1.82, 2.24) is 0 Å². The van der Waals surface area contributed by atoms with Gasteiger partial charge in [0, 0.05) is 13.3 Å². The van der Waals surface area contributed by atoms with Crippen molar-refractivity contribution in [3.05, 3.63) is 6.92 Å². The van der Waals surface area contributed by atoms with E-state index in [4.69, 9.17) is 11.6 Å². The normalized spacial score (nSPS) is 10.3. The molecule has 53 valence electrons. The van der Waals surface area contributed by atoms with Gasteiger partial charge >= 0.3 is 0 Å². The lowest BCUT2D eigenvalue weighted by Crippen LogP contribution is -1.90. The second-order valence-electron chi connectivity index (χ2n) is 1.48. The summed E-state index contributed by atoms with van der Waals surface area (Å²) in [5, 5.41) is -0.323. The van der Waals surface area contributed by atoms with Gasteiger partial charge in [-0.15, -0.1) is 17.5 Å². The van der Waals surface area contributed by atoms with Crippen LogP contribution in [0.25, 0.3) is 0 Å². The van der Waals surface area contributed by atoms with Gasteiger partial charge in [0.1, 0.15) is 12.1 Å². The van der Waals surface area contributed by atoms with Gasteiger partial charge in [-0.1, -0.05) is 17.8 Å². The minimum Gasteiger partial charge on any atom is -0.237 e. The summed E-state index contributed by atoms with van der Waals surface area (Å²) in [6.07, 6.45) is 0.397. The Morgan fingerprint density at radius 2 is 2.20 bits per heavy atom. The van der Waals surface area contributed by atoms with Crippen molar-refractivity contribution in [3.63, 3.8) is 0 Å². The summed E-state index contributed by atoms with van der Waals surface area (Å²) in [5.74, 6) is 9.77. The molecule has 0 N–H and O–H groups in total. The molecule has 1 atom stereocenters. The van der Waals surface area contributed by atoms with E-state index in [9.17, 15) is 4.39 Å². The summed E-state index contributed by atoms with van der Waals surface area (Å²) in [4.78, 5) is 0. The zero-order valence-corrected chi connectivity index (χ0v) is 6.21. The lowest BCUT2D eigenvalue weighted by atomic mass is 10.3. The van der Waals surface area contributed by atoms with E-state index in [1.165, 1.54) is 0 Å². The van der Waals surface area contributed by atoms with Crippen LogP contribution < -0.4 is 0 Å². The zero-order chi connectivity index (χ0) is 7.82. The van der Waals surface area contributed by atoms with Crippen LogP contribution in [0.4, 0.5) is 4.39 Å². The first-order valence-electron chi connectivity index (χ1n) is 2.74. The third kappa shape index (κ3) is 5.48. The van der Waals surface area contributed by atoms with Crippen LogP contribution in [0.2, 0.25) is 0 Å². The highest BCUT2D eigenvalue weighted by Crippen LogP contribution is 1.97. The second kappa shape index (κ2) is 6.46. The van der Waals surface area contributed by atoms with E-state index >= 15 is 0 Å². The van der Waals surface area contributed by atoms with Crippen molar-refractivity contribution < 1.29 is 4.39 Å². The molecule has 10 heavy (non-hydrogen) atoms. The largest absolute Gasteiger partial charge is 0.237 e. The fourth-order valence-electron chi connectivity index (χ4n) is 0.371. The van der Waals surface area contributed by atoms with E-state index in [1.54, 1.807) is 0 Å². The topological polar surface area (TPSA) is 0 Å². The van der Waals surface area contributed by atoms with Crippen molar-refractivity contribution in [2.24, 2.45) is 0 Å². The van der Waals surface area contributed by atoms with Crippen LogP contribution in [0, 0.1) is 30.6 Å². The average molecular weight is 158 g/mol. The van der Waals surface area contributed by atoms with Gasteiger partial charge in [0.15, 0.2) is 0 Å². The maximum atomic E-state index is 11.4. The van der Waals surface area contributed by atoms with Crippen molar-refractivity contribution >= 4 is 11.6 Å². The Bertz CT molecular complexity index is 189. The van der Waals surface area contributed by atoms with Crippen LogP contribution in [-0.4, -0.2) is 12.1 Å². The molecule has 2 heteroatoms. The lowest BCUT2D eigenvalue weighted by molar-refractivity contribution is 0.573. The summed E-state index contributed by atoms with van der Waals surface area (Å²) in [5.41, 5.74) is 0. The highest BCUT2D eigenvalue weighted by atomic mass is 35.5. The van der Waals surface area contributed by atoms with E-state index in [0.29, 0.717) is 6.42 Å². The number of alkyl halides is 2. The molecule has 0 bridgehead atoms. The molecule has 0 spiro atoms. The third-order valence-corrected chi connectivity index (χ3v) is 0.995. The van der Waals surface area contributed by atoms with Gasteiger partial charge in [-0.05, 0) is 0 Å². The molecule has 0 heterocycles. The molecule has 0 rings (SSSR count). The number of rotatable bonds is 1. The number of hydrogen-bond acceptors (Lipinski definition) is 0. The summed E-state index contributed by atoms with van der Waals surface area (Å²) in [6.45, 7) is 2.66. The van der Waals surface area contributed by atoms with Crippen LogP contribution >= 0.6 is 11.6 Å². The van der Waals surface area contributed by atoms with Crippen LogP contribution in [0.3, 0.4) is 0 Å². The van der Waals surface area contributed by atoms with Crippen LogP contribution in [0.5, 0.6) is 0 Å². The predicted octanol–water partition coefficient (Wildman–Crippen LogP) is 1.79. The molecule has 0 fully saturated rings. The highest BCUT2D eigenvalue weighted by molar-refractivity contribution is 6.22. The Hall–Kier alpha value is -0.660. The molecule has 0 saturated carbocycles. The van der Waals surface area contributed by atoms with Gasteiger partial charge in [0.25, 0.3) is 0 Å². The van der Waals surface area contributed by atoms with Gasteiger partial charge in [-0.25, -0.2) is 4.39 Å². The Morgan fingerprint density at radius 1 is 1.50 bits per heavy atom. The first-order valence-corrected chi connectivity index (χ1v) is 3.18. The molecule has 0 aromatic rings. The lowest BCUT2D eigenvalue weighted by Gasteiger charge is -1.89. The molecule has 0 aromatic heterocycles. The Kier molecular flexibility index (Phi) is 6.03. The quantitative estimate of drug-likeness (QED) is 0.402. The van der Waals surface area contributed by atoms with E-state index in [1.807, 2.05) is 0 Å². The first kappa shape index (κ1) is 9.34. The van der Waals surface area contributed by atoms with Crippen molar-refractivity contribution in [1.29, 1.82) is 0 Å². The second-order valence-corrected chi connectivity index (χ2v) is 2.01. The molecular formula is C8H7ClF. The minimum absolute atomic E-state index is 0.323. The molecule has 0 nitrogen and oxygen atoms in total. The highest BCUT2D eigenvalue weighted by Gasteiger charge is 1.92. The first-order chi connectivity index (χ1) is 4.81. The molecule has 0 aliphatic heterocycles.